The maximum atomic E-state index is 12.5. The molecule has 1 aliphatic heterocycles. The quantitative estimate of drug-likeness (QED) is 0.519. The van der Waals surface area contributed by atoms with Gasteiger partial charge in [-0.15, -0.1) is 0 Å². The largest absolute Gasteiger partial charge is 0.452 e. The first-order chi connectivity index (χ1) is 16.8. The molecule has 0 saturated carbocycles. The molecular formula is C26H27ClN4O4. The summed E-state index contributed by atoms with van der Waals surface area (Å²) in [5, 5.41) is 7.91. The van der Waals surface area contributed by atoms with Gasteiger partial charge in [-0.05, 0) is 63.1 Å². The first-order valence-electron chi connectivity index (χ1n) is 11.5. The van der Waals surface area contributed by atoms with Crippen LogP contribution >= 0.6 is 11.6 Å². The Balaban J connectivity index is 1.24. The second-order valence-corrected chi connectivity index (χ2v) is 8.91. The molecule has 0 atom stereocenters. The Morgan fingerprint density at radius 3 is 2.29 bits per heavy atom. The molecule has 2 amide bonds. The van der Waals surface area contributed by atoms with Crippen LogP contribution in [-0.2, 0) is 14.3 Å². The van der Waals surface area contributed by atoms with E-state index in [9.17, 15) is 14.4 Å². The van der Waals surface area contributed by atoms with Crippen molar-refractivity contribution in [2.24, 2.45) is 5.92 Å². The van der Waals surface area contributed by atoms with Gasteiger partial charge in [-0.1, -0.05) is 29.8 Å². The molecule has 1 N–H and O–H groups in total. The van der Waals surface area contributed by atoms with Crippen LogP contribution in [-0.4, -0.2) is 52.2 Å². The van der Waals surface area contributed by atoms with Gasteiger partial charge in [-0.2, -0.15) is 5.10 Å². The number of amides is 2. The van der Waals surface area contributed by atoms with Crippen LogP contribution in [0.2, 0.25) is 5.02 Å². The highest BCUT2D eigenvalue weighted by Crippen LogP contribution is 2.23. The molecule has 0 aliphatic carbocycles. The fourth-order valence-corrected chi connectivity index (χ4v) is 4.19. The summed E-state index contributed by atoms with van der Waals surface area (Å²) in [4.78, 5) is 39.1. The molecule has 0 radical (unpaired) electrons. The molecule has 8 nitrogen and oxygen atoms in total. The Morgan fingerprint density at radius 1 is 1.03 bits per heavy atom. The molecule has 4 rings (SSSR count). The number of aryl methyl sites for hydroxylation is 1. The van der Waals surface area contributed by atoms with Crippen molar-refractivity contribution in [3.63, 3.8) is 0 Å². The van der Waals surface area contributed by atoms with Gasteiger partial charge in [0.05, 0.1) is 27.7 Å². The minimum atomic E-state index is -0.576. The number of esters is 1. The molecule has 0 spiro atoms. The summed E-state index contributed by atoms with van der Waals surface area (Å²) in [7, 11) is 0. The maximum absolute atomic E-state index is 12.5. The Bertz CT molecular complexity index is 1220. The number of carbonyl (C=O) groups excluding carboxylic acids is 3. The molecule has 3 aromatic rings. The van der Waals surface area contributed by atoms with Gasteiger partial charge in [0, 0.05) is 24.7 Å². The summed E-state index contributed by atoms with van der Waals surface area (Å²) in [6, 6.07) is 16.1. The molecule has 182 valence electrons. The fourth-order valence-electron chi connectivity index (χ4n) is 4.07. The van der Waals surface area contributed by atoms with E-state index in [1.807, 2.05) is 44.2 Å². The Kier molecular flexibility index (Phi) is 7.51. The van der Waals surface area contributed by atoms with Gasteiger partial charge >= 0.3 is 5.97 Å². The predicted octanol–water partition coefficient (Wildman–Crippen LogP) is 4.18. The third-order valence-corrected chi connectivity index (χ3v) is 6.68. The molecular weight excluding hydrogens is 468 g/mol. The molecule has 0 bridgehead atoms. The molecule has 1 saturated heterocycles. The minimum Gasteiger partial charge on any atom is -0.452 e. The number of carbonyl (C=O) groups is 3. The van der Waals surface area contributed by atoms with Gasteiger partial charge in [0.2, 0.25) is 5.91 Å². The number of benzene rings is 2. The molecule has 1 aromatic heterocycles. The molecule has 0 unspecified atom stereocenters. The van der Waals surface area contributed by atoms with E-state index in [2.05, 4.69) is 10.4 Å². The van der Waals surface area contributed by atoms with Gasteiger partial charge < -0.3 is 15.0 Å². The number of para-hydroxylation sites is 1. The minimum absolute atomic E-state index is 0.0408. The standard InChI is InChI=1S/C26H27ClN4O4/c1-17-24(27)18(2)31(29-17)22-10-8-20(9-11-22)26(34)35-16-23(32)30-14-12-19(13-15-30)25(33)28-21-6-4-3-5-7-21/h3-11,19H,12-16H2,1-2H3,(H,28,33). The number of halogens is 1. The van der Waals surface area contributed by atoms with Gasteiger partial charge in [-0.25, -0.2) is 9.48 Å². The first-order valence-corrected chi connectivity index (χ1v) is 11.8. The average Bonchev–Trinajstić information content (AvgIpc) is 3.15. The highest BCUT2D eigenvalue weighted by Gasteiger charge is 2.28. The molecule has 1 fully saturated rings. The van der Waals surface area contributed by atoms with E-state index in [-0.39, 0.29) is 24.3 Å². The number of ether oxygens (including phenoxy) is 1. The lowest BCUT2D eigenvalue weighted by molar-refractivity contribution is -0.137. The fraction of sp³-hybridized carbons (Fsp3) is 0.308. The number of rotatable bonds is 6. The third-order valence-electron chi connectivity index (χ3n) is 6.14. The van der Waals surface area contributed by atoms with Crippen molar-refractivity contribution < 1.29 is 19.1 Å². The predicted molar refractivity (Wildman–Crippen MR) is 133 cm³/mol. The SMILES string of the molecule is Cc1nn(-c2ccc(C(=O)OCC(=O)N3CCC(C(=O)Nc4ccccc4)CC3)cc2)c(C)c1Cl. The lowest BCUT2D eigenvalue weighted by Crippen LogP contribution is -2.43. The van der Waals surface area contributed by atoms with Gasteiger partial charge in [0.1, 0.15) is 0 Å². The number of hydrogen-bond donors (Lipinski definition) is 1. The van der Waals surface area contributed by atoms with Gasteiger partial charge in [0.15, 0.2) is 6.61 Å². The second-order valence-electron chi connectivity index (χ2n) is 8.53. The van der Waals surface area contributed by atoms with Crippen LogP contribution in [0.25, 0.3) is 5.69 Å². The number of hydrogen-bond acceptors (Lipinski definition) is 5. The summed E-state index contributed by atoms with van der Waals surface area (Å²) < 4.78 is 6.94. The van der Waals surface area contributed by atoms with Crippen molar-refractivity contribution in [3.8, 4) is 5.69 Å². The van der Waals surface area contributed by atoms with Crippen molar-refractivity contribution >= 4 is 35.1 Å². The summed E-state index contributed by atoms with van der Waals surface area (Å²) in [5.41, 5.74) is 3.41. The number of likely N-dealkylation sites (tertiary alicyclic amines) is 1. The average molecular weight is 495 g/mol. The second kappa shape index (κ2) is 10.7. The number of piperidine rings is 1. The first kappa shape index (κ1) is 24.5. The van der Waals surface area contributed by atoms with Crippen molar-refractivity contribution in [1.82, 2.24) is 14.7 Å². The molecule has 9 heteroatoms. The molecule has 35 heavy (non-hydrogen) atoms. The van der Waals surface area contributed by atoms with Crippen LogP contribution < -0.4 is 5.32 Å². The monoisotopic (exact) mass is 494 g/mol. The van der Waals surface area contributed by atoms with E-state index in [0.29, 0.717) is 36.5 Å². The van der Waals surface area contributed by atoms with Crippen LogP contribution in [0.1, 0.15) is 34.6 Å². The van der Waals surface area contributed by atoms with E-state index in [0.717, 1.165) is 22.8 Å². The lowest BCUT2D eigenvalue weighted by atomic mass is 9.95. The summed E-state index contributed by atoms with van der Waals surface area (Å²) in [5.74, 6) is -1.04. The summed E-state index contributed by atoms with van der Waals surface area (Å²) >= 11 is 6.21. The zero-order valence-corrected chi connectivity index (χ0v) is 20.4. The normalized spacial score (nSPS) is 14.0. The Labute approximate surface area is 208 Å². The third kappa shape index (κ3) is 5.71. The summed E-state index contributed by atoms with van der Waals surface area (Å²) in [6.45, 7) is 4.26. The maximum Gasteiger partial charge on any atom is 0.338 e. The zero-order chi connectivity index (χ0) is 24.9. The van der Waals surface area contributed by atoms with E-state index in [1.165, 1.54) is 0 Å². The van der Waals surface area contributed by atoms with Crippen molar-refractivity contribution in [2.75, 3.05) is 25.0 Å². The number of nitrogens with zero attached hydrogens (tertiary/aromatic N) is 3. The Morgan fingerprint density at radius 2 is 1.69 bits per heavy atom. The highest BCUT2D eigenvalue weighted by atomic mass is 35.5. The molecule has 2 aromatic carbocycles. The zero-order valence-electron chi connectivity index (χ0n) is 19.7. The lowest BCUT2D eigenvalue weighted by Gasteiger charge is -2.31. The van der Waals surface area contributed by atoms with E-state index in [4.69, 9.17) is 16.3 Å². The van der Waals surface area contributed by atoms with Crippen LogP contribution in [0, 0.1) is 19.8 Å². The van der Waals surface area contributed by atoms with Crippen LogP contribution in [0.3, 0.4) is 0 Å². The van der Waals surface area contributed by atoms with Crippen molar-refractivity contribution in [3.05, 3.63) is 76.6 Å². The topological polar surface area (TPSA) is 93.5 Å². The van der Waals surface area contributed by atoms with E-state index >= 15 is 0 Å². The van der Waals surface area contributed by atoms with Gasteiger partial charge in [0.25, 0.3) is 5.91 Å². The van der Waals surface area contributed by atoms with Crippen LogP contribution in [0.4, 0.5) is 5.69 Å². The Hall–Kier alpha value is -3.65. The molecule has 2 heterocycles. The number of anilines is 1. The number of aromatic nitrogens is 2. The van der Waals surface area contributed by atoms with Crippen molar-refractivity contribution in [2.45, 2.75) is 26.7 Å². The smallest absolute Gasteiger partial charge is 0.338 e. The summed E-state index contributed by atoms with van der Waals surface area (Å²) in [6.07, 6.45) is 1.13. The van der Waals surface area contributed by atoms with Gasteiger partial charge in [-0.3, -0.25) is 9.59 Å². The van der Waals surface area contributed by atoms with E-state index in [1.54, 1.807) is 33.8 Å². The number of nitrogens with one attached hydrogen (secondary N) is 1. The van der Waals surface area contributed by atoms with Crippen LogP contribution in [0.15, 0.2) is 54.6 Å². The van der Waals surface area contributed by atoms with Crippen LogP contribution in [0.5, 0.6) is 0 Å². The highest BCUT2D eigenvalue weighted by molar-refractivity contribution is 6.31. The van der Waals surface area contributed by atoms with Crippen molar-refractivity contribution in [1.29, 1.82) is 0 Å². The van der Waals surface area contributed by atoms with E-state index < -0.39 is 5.97 Å². The molecule has 1 aliphatic rings.